The fourth-order valence-electron chi connectivity index (χ4n) is 1.23. The second kappa shape index (κ2) is 6.20. The summed E-state index contributed by atoms with van der Waals surface area (Å²) in [6.45, 7) is 5.81. The van der Waals surface area contributed by atoms with E-state index < -0.39 is 0 Å². The Labute approximate surface area is 111 Å². The Hall–Kier alpha value is -0.830. The van der Waals surface area contributed by atoms with Crippen LogP contribution in [0.15, 0.2) is 0 Å². The number of thiazole rings is 1. The lowest BCUT2D eigenvalue weighted by atomic mass is 9.90. The molecule has 1 aromatic rings. The molecule has 1 heterocycles. The number of nitriles is 1. The molecule has 1 rings (SSSR count). The van der Waals surface area contributed by atoms with E-state index >= 15 is 0 Å². The highest BCUT2D eigenvalue weighted by atomic mass is 35.5. The van der Waals surface area contributed by atoms with Gasteiger partial charge >= 0.3 is 0 Å². The number of rotatable bonds is 6. The number of anilines is 1. The second-order valence-electron chi connectivity index (χ2n) is 4.51. The predicted molar refractivity (Wildman–Crippen MR) is 70.6 cm³/mol. The van der Waals surface area contributed by atoms with Crippen molar-refractivity contribution in [3.63, 3.8) is 0 Å². The van der Waals surface area contributed by atoms with E-state index in [0.29, 0.717) is 10.0 Å². The van der Waals surface area contributed by atoms with Crippen molar-refractivity contribution in [1.82, 2.24) is 4.98 Å². The molecule has 94 valence electrons. The van der Waals surface area contributed by atoms with Gasteiger partial charge in [0.15, 0.2) is 10.3 Å². The smallest absolute Gasteiger partial charge is 0.185 e. The van der Waals surface area contributed by atoms with Gasteiger partial charge < -0.3 is 10.1 Å². The van der Waals surface area contributed by atoms with Crippen LogP contribution in [0.4, 0.5) is 5.13 Å². The van der Waals surface area contributed by atoms with Crippen molar-refractivity contribution >= 4 is 28.1 Å². The van der Waals surface area contributed by atoms with Gasteiger partial charge in [0.05, 0.1) is 0 Å². The number of nitrogens with one attached hydrogen (secondary N) is 1. The van der Waals surface area contributed by atoms with Gasteiger partial charge in [-0.05, 0) is 11.8 Å². The van der Waals surface area contributed by atoms with Crippen LogP contribution in [-0.4, -0.2) is 25.2 Å². The van der Waals surface area contributed by atoms with Crippen LogP contribution in [0.5, 0.6) is 0 Å². The van der Waals surface area contributed by atoms with Crippen molar-refractivity contribution in [2.75, 3.05) is 25.6 Å². The van der Waals surface area contributed by atoms with E-state index in [-0.39, 0.29) is 10.6 Å². The summed E-state index contributed by atoms with van der Waals surface area (Å²) in [6, 6.07) is 2.01. The Balaban J connectivity index is 2.52. The molecule has 0 unspecified atom stereocenters. The van der Waals surface area contributed by atoms with Crippen LogP contribution < -0.4 is 5.32 Å². The third-order valence-corrected chi connectivity index (χ3v) is 3.69. The van der Waals surface area contributed by atoms with Crippen molar-refractivity contribution in [2.24, 2.45) is 5.41 Å². The first-order valence-electron chi connectivity index (χ1n) is 5.28. The van der Waals surface area contributed by atoms with Crippen LogP contribution >= 0.6 is 22.9 Å². The minimum Gasteiger partial charge on any atom is -0.385 e. The van der Waals surface area contributed by atoms with Gasteiger partial charge in [0.1, 0.15) is 10.9 Å². The molecule has 0 aliphatic heterocycles. The number of methoxy groups -OCH3 is 1. The maximum Gasteiger partial charge on any atom is 0.185 e. The van der Waals surface area contributed by atoms with E-state index in [1.807, 2.05) is 6.07 Å². The SMILES string of the molecule is COCCC(C)(C)CNc1nc(Cl)c(C#N)s1. The summed E-state index contributed by atoms with van der Waals surface area (Å²) in [4.78, 5) is 4.53. The van der Waals surface area contributed by atoms with E-state index in [1.54, 1.807) is 7.11 Å². The molecule has 0 saturated heterocycles. The molecular weight excluding hydrogens is 258 g/mol. The maximum absolute atomic E-state index is 8.77. The van der Waals surface area contributed by atoms with E-state index in [2.05, 4.69) is 24.1 Å². The van der Waals surface area contributed by atoms with Crippen LogP contribution in [0.1, 0.15) is 25.1 Å². The summed E-state index contributed by atoms with van der Waals surface area (Å²) in [5.41, 5.74) is 0.112. The third-order valence-electron chi connectivity index (χ3n) is 2.39. The minimum atomic E-state index is 0.112. The molecule has 0 fully saturated rings. The van der Waals surface area contributed by atoms with Crippen LogP contribution in [-0.2, 0) is 4.74 Å². The largest absolute Gasteiger partial charge is 0.385 e. The van der Waals surface area contributed by atoms with Crippen molar-refractivity contribution in [2.45, 2.75) is 20.3 Å². The molecule has 0 spiro atoms. The Morgan fingerprint density at radius 1 is 1.59 bits per heavy atom. The number of halogens is 1. The Morgan fingerprint density at radius 3 is 2.82 bits per heavy atom. The molecule has 0 atom stereocenters. The zero-order valence-electron chi connectivity index (χ0n) is 10.2. The normalized spacial score (nSPS) is 11.2. The van der Waals surface area contributed by atoms with Crippen LogP contribution in [0.25, 0.3) is 0 Å². The van der Waals surface area contributed by atoms with E-state index in [4.69, 9.17) is 21.6 Å². The summed E-state index contributed by atoms with van der Waals surface area (Å²) in [6.07, 6.45) is 0.959. The average molecular weight is 274 g/mol. The van der Waals surface area contributed by atoms with E-state index in [0.717, 1.165) is 19.6 Å². The van der Waals surface area contributed by atoms with Gasteiger partial charge in [0, 0.05) is 20.3 Å². The van der Waals surface area contributed by atoms with Crippen molar-refractivity contribution in [3.05, 3.63) is 10.0 Å². The Morgan fingerprint density at radius 2 is 2.29 bits per heavy atom. The Kier molecular flexibility index (Phi) is 5.19. The highest BCUT2D eigenvalue weighted by Crippen LogP contribution is 2.27. The van der Waals surface area contributed by atoms with Crippen molar-refractivity contribution in [1.29, 1.82) is 5.26 Å². The lowest BCUT2D eigenvalue weighted by Gasteiger charge is -2.24. The maximum atomic E-state index is 8.77. The summed E-state index contributed by atoms with van der Waals surface area (Å²) >= 11 is 7.07. The third kappa shape index (κ3) is 4.50. The molecule has 1 aromatic heterocycles. The summed E-state index contributed by atoms with van der Waals surface area (Å²) < 4.78 is 5.07. The lowest BCUT2D eigenvalue weighted by molar-refractivity contribution is 0.157. The van der Waals surface area contributed by atoms with Gasteiger partial charge in [-0.15, -0.1) is 0 Å². The fourth-order valence-corrected chi connectivity index (χ4v) is 2.17. The number of ether oxygens (including phenoxy) is 1. The highest BCUT2D eigenvalue weighted by Gasteiger charge is 2.18. The van der Waals surface area contributed by atoms with Gasteiger partial charge in [-0.1, -0.05) is 36.8 Å². The molecule has 6 heteroatoms. The van der Waals surface area contributed by atoms with E-state index in [9.17, 15) is 0 Å². The standard InChI is InChI=1S/C11H16ClN3OS/c1-11(2,4-5-16-3)7-14-10-15-9(12)8(6-13)17-10/h4-5,7H2,1-3H3,(H,14,15). The lowest BCUT2D eigenvalue weighted by Crippen LogP contribution is -2.24. The molecule has 0 aliphatic carbocycles. The zero-order chi connectivity index (χ0) is 12.9. The molecule has 0 aliphatic rings. The number of hydrogen-bond acceptors (Lipinski definition) is 5. The number of aromatic nitrogens is 1. The predicted octanol–water partition coefficient (Wildman–Crippen LogP) is 3.14. The monoisotopic (exact) mass is 273 g/mol. The van der Waals surface area contributed by atoms with Gasteiger partial charge in [0.2, 0.25) is 0 Å². The van der Waals surface area contributed by atoms with Gasteiger partial charge in [-0.25, -0.2) is 4.98 Å². The first-order chi connectivity index (χ1) is 7.98. The molecule has 0 radical (unpaired) electrons. The molecular formula is C11H16ClN3OS. The van der Waals surface area contributed by atoms with E-state index in [1.165, 1.54) is 11.3 Å². The highest BCUT2D eigenvalue weighted by molar-refractivity contribution is 7.16. The summed E-state index contributed by atoms with van der Waals surface area (Å²) in [7, 11) is 1.70. The zero-order valence-corrected chi connectivity index (χ0v) is 11.8. The summed E-state index contributed by atoms with van der Waals surface area (Å²) in [5, 5.41) is 12.9. The fraction of sp³-hybridized carbons (Fsp3) is 0.636. The molecule has 0 saturated carbocycles. The minimum absolute atomic E-state index is 0.112. The summed E-state index contributed by atoms with van der Waals surface area (Å²) in [5.74, 6) is 0. The molecule has 0 amide bonds. The first kappa shape index (κ1) is 14.2. The molecule has 0 aromatic carbocycles. The molecule has 1 N–H and O–H groups in total. The van der Waals surface area contributed by atoms with Crippen molar-refractivity contribution in [3.8, 4) is 6.07 Å². The Bertz CT molecular complexity index is 411. The van der Waals surface area contributed by atoms with Gasteiger partial charge in [0.25, 0.3) is 0 Å². The average Bonchev–Trinajstić information content (AvgIpc) is 2.65. The van der Waals surface area contributed by atoms with Crippen LogP contribution in [0.3, 0.4) is 0 Å². The first-order valence-corrected chi connectivity index (χ1v) is 6.47. The number of nitrogens with zero attached hydrogens (tertiary/aromatic N) is 2. The molecule has 0 bridgehead atoms. The molecule has 4 nitrogen and oxygen atoms in total. The van der Waals surface area contributed by atoms with Gasteiger partial charge in [-0.2, -0.15) is 5.26 Å². The van der Waals surface area contributed by atoms with Gasteiger partial charge in [-0.3, -0.25) is 0 Å². The second-order valence-corrected chi connectivity index (χ2v) is 5.87. The van der Waals surface area contributed by atoms with Crippen LogP contribution in [0.2, 0.25) is 5.15 Å². The quantitative estimate of drug-likeness (QED) is 0.865. The van der Waals surface area contributed by atoms with Crippen LogP contribution in [0, 0.1) is 16.7 Å². The topological polar surface area (TPSA) is 57.9 Å². The van der Waals surface area contributed by atoms with Crippen molar-refractivity contribution < 1.29 is 4.74 Å². The number of hydrogen-bond donors (Lipinski definition) is 1. The molecule has 17 heavy (non-hydrogen) atoms.